The van der Waals surface area contributed by atoms with E-state index in [9.17, 15) is 26.8 Å². The monoisotopic (exact) mass is 362 g/mol. The van der Waals surface area contributed by atoms with Crippen LogP contribution >= 0.6 is 0 Å². The van der Waals surface area contributed by atoms with Crippen molar-refractivity contribution in [2.75, 3.05) is 18.4 Å². The number of alkyl halides is 2. The second kappa shape index (κ2) is 7.22. The van der Waals surface area contributed by atoms with Crippen molar-refractivity contribution < 1.29 is 31.9 Å². The third-order valence-electron chi connectivity index (χ3n) is 3.70. The normalized spacial score (nSPS) is 18.7. The van der Waals surface area contributed by atoms with Gasteiger partial charge in [0, 0.05) is 5.69 Å². The molecule has 1 aromatic carbocycles. The van der Waals surface area contributed by atoms with Crippen LogP contribution in [0.5, 0.6) is 0 Å². The van der Waals surface area contributed by atoms with Crippen molar-refractivity contribution in [1.82, 2.24) is 4.90 Å². The van der Waals surface area contributed by atoms with E-state index < -0.39 is 38.4 Å². The largest absolute Gasteiger partial charge is 0.480 e. The van der Waals surface area contributed by atoms with Crippen LogP contribution in [0.1, 0.15) is 12.8 Å². The summed E-state index contributed by atoms with van der Waals surface area (Å²) < 4.78 is 47.4. The van der Waals surface area contributed by atoms with Gasteiger partial charge in [-0.05, 0) is 43.7 Å². The van der Waals surface area contributed by atoms with Crippen LogP contribution in [-0.4, -0.2) is 55.2 Å². The average Bonchev–Trinajstić information content (AvgIpc) is 2.95. The zero-order chi connectivity index (χ0) is 17.9. The van der Waals surface area contributed by atoms with Gasteiger partial charge in [-0.25, -0.2) is 8.42 Å². The first-order valence-corrected chi connectivity index (χ1v) is 8.65. The maximum absolute atomic E-state index is 12.4. The summed E-state index contributed by atoms with van der Waals surface area (Å²) in [4.78, 5) is 24.0. The van der Waals surface area contributed by atoms with Crippen molar-refractivity contribution in [2.24, 2.45) is 0 Å². The molecule has 1 saturated heterocycles. The number of anilines is 1. The van der Waals surface area contributed by atoms with Crippen molar-refractivity contribution >= 4 is 27.4 Å². The van der Waals surface area contributed by atoms with E-state index in [1.807, 2.05) is 0 Å². The number of likely N-dealkylation sites (tertiary alicyclic amines) is 1. The zero-order valence-corrected chi connectivity index (χ0v) is 13.3. The summed E-state index contributed by atoms with van der Waals surface area (Å²) in [7, 11) is -4.68. The molecule has 0 saturated carbocycles. The van der Waals surface area contributed by atoms with E-state index in [0.29, 0.717) is 19.4 Å². The molecule has 1 aliphatic heterocycles. The fourth-order valence-corrected chi connectivity index (χ4v) is 3.23. The maximum Gasteiger partial charge on any atom is 0.341 e. The lowest BCUT2D eigenvalue weighted by Crippen LogP contribution is -2.40. The fraction of sp³-hybridized carbons (Fsp3) is 0.429. The minimum absolute atomic E-state index is 0.117. The standard InChI is InChI=1S/C14H16F2N2O5S/c15-14(16)24(22,23)10-5-3-9(4-6-10)17-12(19)8-18-7-1-2-11(18)13(20)21/h3-6,11,14H,1-2,7-8H2,(H,17,19)(H,20,21)/t11-/m0/s1. The number of hydrogen-bond donors (Lipinski definition) is 2. The molecule has 1 aromatic rings. The van der Waals surface area contributed by atoms with E-state index >= 15 is 0 Å². The molecule has 0 unspecified atom stereocenters. The highest BCUT2D eigenvalue weighted by Gasteiger charge is 2.31. The second-order valence-corrected chi connectivity index (χ2v) is 7.26. The molecule has 2 N–H and O–H groups in total. The van der Waals surface area contributed by atoms with E-state index in [1.54, 1.807) is 0 Å². The van der Waals surface area contributed by atoms with Gasteiger partial charge in [0.15, 0.2) is 0 Å². The summed E-state index contributed by atoms with van der Waals surface area (Å²) in [5, 5.41) is 11.5. The van der Waals surface area contributed by atoms with Gasteiger partial charge >= 0.3 is 11.7 Å². The predicted octanol–water partition coefficient (Wildman–Crippen LogP) is 1.17. The summed E-state index contributed by atoms with van der Waals surface area (Å²) in [5.41, 5.74) is 0.235. The molecule has 1 atom stereocenters. The zero-order valence-electron chi connectivity index (χ0n) is 12.5. The molecule has 0 aliphatic carbocycles. The number of carbonyl (C=O) groups excluding carboxylic acids is 1. The first kappa shape index (κ1) is 18.3. The number of hydrogen-bond acceptors (Lipinski definition) is 5. The smallest absolute Gasteiger partial charge is 0.341 e. The summed E-state index contributed by atoms with van der Waals surface area (Å²) in [6, 6.07) is 3.66. The Labute approximate surface area is 137 Å². The minimum Gasteiger partial charge on any atom is -0.480 e. The van der Waals surface area contributed by atoms with Gasteiger partial charge in [0.25, 0.3) is 0 Å². The number of carboxylic acids is 1. The van der Waals surface area contributed by atoms with Crippen LogP contribution in [0.2, 0.25) is 0 Å². The molecule has 24 heavy (non-hydrogen) atoms. The van der Waals surface area contributed by atoms with Gasteiger partial charge in [-0.1, -0.05) is 0 Å². The molecule has 0 spiro atoms. The van der Waals surface area contributed by atoms with Crippen molar-refractivity contribution in [3.63, 3.8) is 0 Å². The number of sulfone groups is 1. The molecule has 0 radical (unpaired) electrons. The van der Waals surface area contributed by atoms with Crippen molar-refractivity contribution in [2.45, 2.75) is 29.5 Å². The fourth-order valence-electron chi connectivity index (χ4n) is 2.51. The number of aliphatic carboxylic acids is 1. The molecule has 0 bridgehead atoms. The molecule has 7 nitrogen and oxygen atoms in total. The highest BCUT2D eigenvalue weighted by Crippen LogP contribution is 2.21. The van der Waals surface area contributed by atoms with Gasteiger partial charge in [0.2, 0.25) is 15.7 Å². The van der Waals surface area contributed by atoms with Crippen LogP contribution < -0.4 is 5.32 Å². The second-order valence-electron chi connectivity index (χ2n) is 5.34. The Kier molecular flexibility index (Phi) is 5.50. The molecule has 1 heterocycles. The average molecular weight is 362 g/mol. The third-order valence-corrected chi connectivity index (χ3v) is 5.09. The van der Waals surface area contributed by atoms with E-state index in [0.717, 1.165) is 12.1 Å². The van der Waals surface area contributed by atoms with Gasteiger partial charge in [-0.15, -0.1) is 0 Å². The first-order valence-electron chi connectivity index (χ1n) is 7.10. The topological polar surface area (TPSA) is 104 Å². The molecular formula is C14H16F2N2O5S. The number of halogens is 2. The van der Waals surface area contributed by atoms with Crippen LogP contribution in [0.25, 0.3) is 0 Å². The van der Waals surface area contributed by atoms with E-state index in [1.165, 1.54) is 17.0 Å². The Bertz CT molecular complexity index is 721. The molecule has 1 aliphatic rings. The highest BCUT2D eigenvalue weighted by molar-refractivity contribution is 7.91. The number of rotatable bonds is 6. The van der Waals surface area contributed by atoms with Crippen LogP contribution in [0.3, 0.4) is 0 Å². The van der Waals surface area contributed by atoms with E-state index in [-0.39, 0.29) is 12.2 Å². The van der Waals surface area contributed by atoms with Gasteiger partial charge < -0.3 is 10.4 Å². The quantitative estimate of drug-likeness (QED) is 0.787. The lowest BCUT2D eigenvalue weighted by molar-refractivity contribution is -0.142. The van der Waals surface area contributed by atoms with Crippen LogP contribution in [0, 0.1) is 0 Å². The molecule has 132 valence electrons. The Morgan fingerprint density at radius 3 is 2.46 bits per heavy atom. The van der Waals surface area contributed by atoms with Crippen LogP contribution in [0.4, 0.5) is 14.5 Å². The molecular weight excluding hydrogens is 346 g/mol. The number of amides is 1. The van der Waals surface area contributed by atoms with Gasteiger partial charge in [-0.2, -0.15) is 8.78 Å². The summed E-state index contributed by atoms with van der Waals surface area (Å²) in [5.74, 6) is -4.96. The first-order chi connectivity index (χ1) is 11.2. The summed E-state index contributed by atoms with van der Waals surface area (Å²) in [6.45, 7) is 0.379. The molecule has 2 rings (SSSR count). The lowest BCUT2D eigenvalue weighted by Gasteiger charge is -2.20. The number of carbonyl (C=O) groups is 2. The molecule has 10 heteroatoms. The number of carboxylic acid groups (broad SMARTS) is 1. The molecule has 1 fully saturated rings. The Morgan fingerprint density at radius 2 is 1.92 bits per heavy atom. The predicted molar refractivity (Wildman–Crippen MR) is 80.5 cm³/mol. The maximum atomic E-state index is 12.4. The Balaban J connectivity index is 1.99. The number of nitrogens with one attached hydrogen (secondary N) is 1. The molecule has 0 aromatic heterocycles. The van der Waals surface area contributed by atoms with Crippen molar-refractivity contribution in [1.29, 1.82) is 0 Å². The van der Waals surface area contributed by atoms with Gasteiger partial charge in [0.1, 0.15) is 6.04 Å². The van der Waals surface area contributed by atoms with Gasteiger partial charge in [-0.3, -0.25) is 14.5 Å². The number of benzene rings is 1. The third kappa shape index (κ3) is 4.06. The van der Waals surface area contributed by atoms with Crippen molar-refractivity contribution in [3.8, 4) is 0 Å². The van der Waals surface area contributed by atoms with Gasteiger partial charge in [0.05, 0.1) is 11.4 Å². The van der Waals surface area contributed by atoms with Crippen molar-refractivity contribution in [3.05, 3.63) is 24.3 Å². The van der Waals surface area contributed by atoms with E-state index in [4.69, 9.17) is 5.11 Å². The Morgan fingerprint density at radius 1 is 1.29 bits per heavy atom. The SMILES string of the molecule is O=C(CN1CCC[C@H]1C(=O)O)Nc1ccc(S(=O)(=O)C(F)F)cc1. The van der Waals surface area contributed by atoms with Crippen LogP contribution in [-0.2, 0) is 19.4 Å². The number of nitrogens with zero attached hydrogens (tertiary/aromatic N) is 1. The lowest BCUT2D eigenvalue weighted by atomic mass is 10.2. The Hall–Kier alpha value is -2.07. The molecule has 1 amide bonds. The highest BCUT2D eigenvalue weighted by atomic mass is 32.2. The summed E-state index contributed by atoms with van der Waals surface area (Å²) >= 11 is 0. The van der Waals surface area contributed by atoms with Crippen LogP contribution in [0.15, 0.2) is 29.2 Å². The van der Waals surface area contributed by atoms with E-state index in [2.05, 4.69) is 5.32 Å². The minimum atomic E-state index is -4.68. The summed E-state index contributed by atoms with van der Waals surface area (Å²) in [6.07, 6.45) is 1.16.